The van der Waals surface area contributed by atoms with Crippen LogP contribution in [0.25, 0.3) is 0 Å². The molecule has 2 N–H and O–H groups in total. The minimum Gasteiger partial charge on any atom is -0.507 e. The molecular formula is C24H34N2O5S2. The van der Waals surface area contributed by atoms with Crippen molar-refractivity contribution in [3.05, 3.63) is 41.1 Å². The lowest BCUT2D eigenvalue weighted by atomic mass is 9.79. The molecule has 1 aliphatic rings. The van der Waals surface area contributed by atoms with Crippen LogP contribution in [0.15, 0.2) is 34.2 Å². The second-order valence-electron chi connectivity index (χ2n) is 10.7. The number of carboxylic acids is 1. The van der Waals surface area contributed by atoms with Crippen LogP contribution in [0, 0.1) is 0 Å². The molecule has 0 saturated carbocycles. The van der Waals surface area contributed by atoms with Gasteiger partial charge in [-0.25, -0.2) is 13.2 Å². The fourth-order valence-electron chi connectivity index (χ4n) is 4.12. The summed E-state index contributed by atoms with van der Waals surface area (Å²) < 4.78 is 29.0. The van der Waals surface area contributed by atoms with Gasteiger partial charge in [0.15, 0.2) is 5.03 Å². The van der Waals surface area contributed by atoms with Crippen molar-refractivity contribution < 1.29 is 23.4 Å². The Balaban J connectivity index is 1.86. The van der Waals surface area contributed by atoms with Crippen molar-refractivity contribution in [2.45, 2.75) is 74.0 Å². The highest BCUT2D eigenvalue weighted by Gasteiger charge is 2.36. The fraction of sp³-hybridized carbons (Fsp3) is 0.542. The molecule has 0 radical (unpaired) electrons. The average Bonchev–Trinajstić information content (AvgIpc) is 3.28. The minimum absolute atomic E-state index is 0.0137. The van der Waals surface area contributed by atoms with Gasteiger partial charge in [0.2, 0.25) is 0 Å². The predicted octanol–water partition coefficient (Wildman–Crippen LogP) is 4.58. The number of rotatable bonds is 5. The first kappa shape index (κ1) is 25.6. The summed E-state index contributed by atoms with van der Waals surface area (Å²) in [7, 11) is -2.34. The van der Waals surface area contributed by atoms with Gasteiger partial charge in [-0.2, -0.15) is 4.31 Å². The lowest BCUT2D eigenvalue weighted by Gasteiger charge is -2.28. The second kappa shape index (κ2) is 8.67. The molecule has 1 aliphatic heterocycles. The van der Waals surface area contributed by atoms with Gasteiger partial charge in [0.05, 0.1) is 0 Å². The van der Waals surface area contributed by atoms with Gasteiger partial charge >= 0.3 is 5.97 Å². The fourth-order valence-corrected chi connectivity index (χ4v) is 7.12. The summed E-state index contributed by atoms with van der Waals surface area (Å²) >= 11 is 1.63. The zero-order valence-electron chi connectivity index (χ0n) is 20.3. The molecule has 1 saturated heterocycles. The molecule has 2 aromatic rings. The van der Waals surface area contributed by atoms with E-state index in [1.807, 2.05) is 12.1 Å². The molecule has 33 heavy (non-hydrogen) atoms. The molecule has 7 nitrogen and oxygen atoms in total. The molecule has 3 rings (SSSR count). The number of thioether (sulfide) groups is 1. The van der Waals surface area contributed by atoms with Gasteiger partial charge in [0.1, 0.15) is 11.4 Å². The number of aromatic nitrogens is 1. The zero-order valence-corrected chi connectivity index (χ0v) is 22.0. The molecule has 1 atom stereocenters. The van der Waals surface area contributed by atoms with Gasteiger partial charge < -0.3 is 14.8 Å². The van der Waals surface area contributed by atoms with Crippen LogP contribution in [0.4, 0.5) is 0 Å². The standard InChI is InChI=1S/C24H34N2O5S2/c1-23(2,3)17-12-16(13-18(21(17)27)24(4,5)6)32-15-10-11-26(14-15)33(30,31)20-9-8-19(22(28)29)25(20)7/h8-9,12-13,15,27H,10-11,14H2,1-7H3,(H,28,29)/t15-/m1/s1. The number of aromatic hydroxyl groups is 1. The third-order valence-electron chi connectivity index (χ3n) is 6.01. The Bertz CT molecular complexity index is 1140. The number of aromatic carboxylic acids is 1. The Labute approximate surface area is 200 Å². The van der Waals surface area contributed by atoms with Crippen LogP contribution in [0.2, 0.25) is 0 Å². The number of phenols is 1. The van der Waals surface area contributed by atoms with Crippen LogP contribution in [0.5, 0.6) is 5.75 Å². The maximum atomic E-state index is 13.2. The molecule has 0 amide bonds. The van der Waals surface area contributed by atoms with E-state index in [2.05, 4.69) is 41.5 Å². The number of phenolic OH excluding ortho intramolecular Hbond substituents is 1. The van der Waals surface area contributed by atoms with Gasteiger partial charge in [-0.1, -0.05) is 41.5 Å². The van der Waals surface area contributed by atoms with E-state index < -0.39 is 16.0 Å². The van der Waals surface area contributed by atoms with Crippen molar-refractivity contribution in [1.82, 2.24) is 8.87 Å². The number of carboxylic acid groups (broad SMARTS) is 1. The summed E-state index contributed by atoms with van der Waals surface area (Å²) in [6.45, 7) is 13.1. The van der Waals surface area contributed by atoms with E-state index >= 15 is 0 Å². The quantitative estimate of drug-likeness (QED) is 0.631. The Morgan fingerprint density at radius 2 is 1.61 bits per heavy atom. The van der Waals surface area contributed by atoms with E-state index in [-0.39, 0.29) is 26.8 Å². The normalized spacial score (nSPS) is 18.1. The molecular weight excluding hydrogens is 460 g/mol. The topological polar surface area (TPSA) is 99.8 Å². The highest BCUT2D eigenvalue weighted by molar-refractivity contribution is 8.00. The van der Waals surface area contributed by atoms with Crippen LogP contribution < -0.4 is 0 Å². The molecule has 0 unspecified atom stereocenters. The molecule has 2 heterocycles. The SMILES string of the molecule is Cn1c(C(=O)O)ccc1S(=O)(=O)N1CC[C@@H](Sc2cc(C(C)(C)C)c(O)c(C(C)(C)C)c2)C1. The molecule has 9 heteroatoms. The van der Waals surface area contributed by atoms with E-state index in [0.29, 0.717) is 25.3 Å². The van der Waals surface area contributed by atoms with Crippen molar-refractivity contribution in [3.63, 3.8) is 0 Å². The van der Waals surface area contributed by atoms with E-state index in [1.54, 1.807) is 11.8 Å². The monoisotopic (exact) mass is 494 g/mol. The zero-order chi connectivity index (χ0) is 24.9. The van der Waals surface area contributed by atoms with Gasteiger partial charge in [0.25, 0.3) is 10.0 Å². The minimum atomic E-state index is -3.80. The maximum absolute atomic E-state index is 13.2. The van der Waals surface area contributed by atoms with Crippen molar-refractivity contribution in [3.8, 4) is 5.75 Å². The van der Waals surface area contributed by atoms with Crippen molar-refractivity contribution in [1.29, 1.82) is 0 Å². The second-order valence-corrected chi connectivity index (χ2v) is 13.9. The molecule has 1 aromatic heterocycles. The number of hydrogen-bond acceptors (Lipinski definition) is 5. The van der Waals surface area contributed by atoms with Gasteiger partial charge in [-0.05, 0) is 41.5 Å². The summed E-state index contributed by atoms with van der Waals surface area (Å²) in [4.78, 5) is 12.3. The van der Waals surface area contributed by atoms with Crippen LogP contribution >= 0.6 is 11.8 Å². The molecule has 0 aliphatic carbocycles. The van der Waals surface area contributed by atoms with Crippen molar-refractivity contribution in [2.75, 3.05) is 13.1 Å². The van der Waals surface area contributed by atoms with Crippen LogP contribution in [-0.2, 0) is 27.9 Å². The van der Waals surface area contributed by atoms with Gasteiger partial charge in [-0.15, -0.1) is 11.8 Å². The first-order valence-corrected chi connectivity index (χ1v) is 13.3. The number of sulfonamides is 1. The third kappa shape index (κ3) is 5.10. The molecule has 0 spiro atoms. The van der Waals surface area contributed by atoms with Crippen LogP contribution in [-0.4, -0.2) is 51.8 Å². The van der Waals surface area contributed by atoms with E-state index in [0.717, 1.165) is 16.0 Å². The number of carbonyl (C=O) groups is 1. The highest BCUT2D eigenvalue weighted by atomic mass is 32.2. The van der Waals surface area contributed by atoms with E-state index in [9.17, 15) is 23.4 Å². The maximum Gasteiger partial charge on any atom is 0.352 e. The summed E-state index contributed by atoms with van der Waals surface area (Å²) in [5.41, 5.74) is 1.22. The smallest absolute Gasteiger partial charge is 0.352 e. The van der Waals surface area contributed by atoms with Crippen LogP contribution in [0.1, 0.15) is 69.6 Å². The highest BCUT2D eigenvalue weighted by Crippen LogP contribution is 2.43. The van der Waals surface area contributed by atoms with Crippen molar-refractivity contribution in [2.24, 2.45) is 7.05 Å². The summed E-state index contributed by atoms with van der Waals surface area (Å²) in [5.74, 6) is -0.835. The summed E-state index contributed by atoms with van der Waals surface area (Å²) in [6.07, 6.45) is 0.691. The van der Waals surface area contributed by atoms with Crippen molar-refractivity contribution >= 4 is 27.8 Å². The predicted molar refractivity (Wildman–Crippen MR) is 131 cm³/mol. The van der Waals surface area contributed by atoms with Gasteiger partial charge in [-0.3, -0.25) is 0 Å². The molecule has 0 bridgehead atoms. The van der Waals surface area contributed by atoms with Gasteiger partial charge in [0, 0.05) is 41.4 Å². The Morgan fingerprint density at radius 1 is 1.06 bits per heavy atom. The molecule has 1 fully saturated rings. The number of nitrogens with zero attached hydrogens (tertiary/aromatic N) is 2. The third-order valence-corrected chi connectivity index (χ3v) is 9.18. The first-order valence-electron chi connectivity index (χ1n) is 11.0. The Kier molecular flexibility index (Phi) is 6.74. The number of hydrogen-bond donors (Lipinski definition) is 2. The lowest BCUT2D eigenvalue weighted by Crippen LogP contribution is -2.31. The van der Waals surface area contributed by atoms with E-state index in [1.165, 1.54) is 28.1 Å². The Morgan fingerprint density at radius 3 is 2.06 bits per heavy atom. The lowest BCUT2D eigenvalue weighted by molar-refractivity contribution is 0.0685. The summed E-state index contributed by atoms with van der Waals surface area (Å²) in [5, 5.41) is 20.2. The van der Waals surface area contributed by atoms with E-state index in [4.69, 9.17) is 0 Å². The number of benzene rings is 1. The Hall–Kier alpha value is -1.97. The molecule has 182 valence electrons. The largest absolute Gasteiger partial charge is 0.507 e. The average molecular weight is 495 g/mol. The molecule has 1 aromatic carbocycles. The van der Waals surface area contributed by atoms with Crippen LogP contribution in [0.3, 0.4) is 0 Å². The first-order chi connectivity index (χ1) is 15.0. The summed E-state index contributed by atoms with van der Waals surface area (Å²) in [6, 6.07) is 6.70.